The topological polar surface area (TPSA) is 80.1 Å². The van der Waals surface area contributed by atoms with Gasteiger partial charge in [-0.05, 0) is 81.4 Å². The number of hydrogen-bond donors (Lipinski definition) is 1. The van der Waals surface area contributed by atoms with Gasteiger partial charge < -0.3 is 20.4 Å². The Morgan fingerprint density at radius 1 is 1.13 bits per heavy atom. The van der Waals surface area contributed by atoms with Crippen LogP contribution in [0.2, 0.25) is 0 Å². The number of aromatic nitrogens is 2. The van der Waals surface area contributed by atoms with Gasteiger partial charge in [0.05, 0.1) is 30.1 Å². The highest BCUT2D eigenvalue weighted by atomic mass is 15.4. The van der Waals surface area contributed by atoms with Gasteiger partial charge in [-0.25, -0.2) is 4.52 Å². The molecule has 198 valence electrons. The van der Waals surface area contributed by atoms with Crippen molar-refractivity contribution in [1.82, 2.24) is 24.3 Å². The summed E-state index contributed by atoms with van der Waals surface area (Å²) in [5.74, 6) is 0. The minimum atomic E-state index is -0.0615. The first-order valence-electron chi connectivity index (χ1n) is 14.2. The van der Waals surface area contributed by atoms with Crippen LogP contribution in [-0.2, 0) is 0 Å². The van der Waals surface area contributed by atoms with Crippen molar-refractivity contribution in [1.29, 1.82) is 5.26 Å². The van der Waals surface area contributed by atoms with E-state index in [1.54, 1.807) is 10.7 Å². The van der Waals surface area contributed by atoms with Crippen molar-refractivity contribution in [3.05, 3.63) is 64.8 Å². The molecule has 6 heterocycles. The molecule has 0 spiro atoms. The zero-order valence-electron chi connectivity index (χ0n) is 22.6. The normalized spacial score (nSPS) is 29.9. The summed E-state index contributed by atoms with van der Waals surface area (Å²) in [5.41, 5.74) is 15.1. The predicted molar refractivity (Wildman–Crippen MR) is 149 cm³/mol. The van der Waals surface area contributed by atoms with Crippen molar-refractivity contribution in [2.45, 2.75) is 63.7 Å². The van der Waals surface area contributed by atoms with Crippen LogP contribution in [0.15, 0.2) is 59.1 Å². The lowest BCUT2D eigenvalue weighted by molar-refractivity contribution is 0.0539. The van der Waals surface area contributed by atoms with E-state index in [4.69, 9.17) is 5.73 Å². The second-order valence-electron chi connectivity index (χ2n) is 12.2. The third kappa shape index (κ3) is 3.83. The third-order valence-electron chi connectivity index (χ3n) is 9.36. The lowest BCUT2D eigenvalue weighted by Gasteiger charge is -2.44. The molecule has 2 aromatic rings. The largest absolute Gasteiger partial charge is 0.364 e. The molecule has 0 radical (unpaired) electrons. The fourth-order valence-electron chi connectivity index (χ4n) is 7.44. The first-order chi connectivity index (χ1) is 18.4. The Kier molecular flexibility index (Phi) is 5.57. The van der Waals surface area contributed by atoms with Crippen LogP contribution >= 0.6 is 0 Å². The van der Waals surface area contributed by atoms with Crippen LogP contribution in [0.3, 0.4) is 0 Å². The van der Waals surface area contributed by atoms with Gasteiger partial charge in [0.15, 0.2) is 0 Å². The number of pyridine rings is 1. The highest BCUT2D eigenvalue weighted by Gasteiger charge is 2.40. The predicted octanol–water partition coefficient (Wildman–Crippen LogP) is 3.43. The zero-order chi connectivity index (χ0) is 26.0. The van der Waals surface area contributed by atoms with Gasteiger partial charge in [0, 0.05) is 55.7 Å². The number of rotatable bonds is 3. The molecule has 8 heteroatoms. The molecule has 3 saturated heterocycles. The number of nitriles is 1. The average molecular weight is 511 g/mol. The minimum absolute atomic E-state index is 0.0615. The molecule has 0 aromatic carbocycles. The van der Waals surface area contributed by atoms with E-state index < -0.39 is 0 Å². The standard InChI is InChI=1S/C30H38N8/c1-21-17-35(26-9-7-24(16-31)38-27(26)10-12-33-38)19-28-25-8-6-23(15-22(25)18-37(21)28)36-13-4-3-5-29(36)34-14-11-30(2,32)20-34/h6-7,9-10,12,15,21,29H,3-5,8,11,13-14,17-20,32H2,1-2H3/t21-,29?,30?/m1/s1. The zero-order valence-corrected chi connectivity index (χ0v) is 22.6. The van der Waals surface area contributed by atoms with E-state index in [1.165, 1.54) is 41.8 Å². The molecule has 3 atom stereocenters. The van der Waals surface area contributed by atoms with E-state index in [9.17, 15) is 5.26 Å². The SMILES string of the molecule is C[C@@H]1CN(c2ccc(C#N)n3nccc23)CC2=C3CC=C(N4CCCCC4N4CCC(C)(N)C4)C=C3CN21. The highest BCUT2D eigenvalue weighted by Crippen LogP contribution is 2.41. The van der Waals surface area contributed by atoms with Crippen LogP contribution in [0.5, 0.6) is 0 Å². The number of nitrogens with zero attached hydrogens (tertiary/aromatic N) is 7. The molecule has 0 amide bonds. The number of likely N-dealkylation sites (tertiary alicyclic amines) is 2. The van der Waals surface area contributed by atoms with Crippen LogP contribution in [-0.4, -0.2) is 81.3 Å². The molecule has 2 aromatic heterocycles. The van der Waals surface area contributed by atoms with Gasteiger partial charge >= 0.3 is 0 Å². The first kappa shape index (κ1) is 23.8. The van der Waals surface area contributed by atoms with Gasteiger partial charge in [-0.3, -0.25) is 4.90 Å². The van der Waals surface area contributed by atoms with E-state index in [0.717, 1.165) is 63.3 Å². The Bertz CT molecular complexity index is 1400. The Morgan fingerprint density at radius 2 is 2.03 bits per heavy atom. The summed E-state index contributed by atoms with van der Waals surface area (Å²) in [6, 6.07) is 8.67. The number of anilines is 1. The van der Waals surface area contributed by atoms with Crippen LogP contribution in [0, 0.1) is 11.3 Å². The molecule has 4 aliphatic heterocycles. The maximum absolute atomic E-state index is 9.50. The fraction of sp³-hybridized carbons (Fsp3) is 0.533. The molecule has 2 N–H and O–H groups in total. The molecule has 8 nitrogen and oxygen atoms in total. The minimum Gasteiger partial charge on any atom is -0.364 e. The second-order valence-corrected chi connectivity index (χ2v) is 12.2. The molecular weight excluding hydrogens is 472 g/mol. The monoisotopic (exact) mass is 510 g/mol. The summed E-state index contributed by atoms with van der Waals surface area (Å²) in [6.07, 6.45) is 13.1. The van der Waals surface area contributed by atoms with Crippen molar-refractivity contribution in [2.24, 2.45) is 5.73 Å². The number of allylic oxidation sites excluding steroid dienone is 2. The summed E-state index contributed by atoms with van der Waals surface area (Å²) in [5, 5.41) is 13.9. The highest BCUT2D eigenvalue weighted by molar-refractivity contribution is 5.75. The molecule has 38 heavy (non-hydrogen) atoms. The smallest absolute Gasteiger partial charge is 0.142 e. The maximum atomic E-state index is 9.50. The lowest BCUT2D eigenvalue weighted by Crippen LogP contribution is -2.51. The summed E-state index contributed by atoms with van der Waals surface area (Å²) in [6.45, 7) is 10.6. The van der Waals surface area contributed by atoms with E-state index in [2.05, 4.69) is 62.8 Å². The van der Waals surface area contributed by atoms with Gasteiger partial charge in [-0.2, -0.15) is 10.4 Å². The van der Waals surface area contributed by atoms with Crippen LogP contribution in [0.25, 0.3) is 5.52 Å². The second kappa shape index (κ2) is 8.89. The van der Waals surface area contributed by atoms with Gasteiger partial charge in [0.2, 0.25) is 0 Å². The number of piperidine rings is 1. The Balaban J connectivity index is 1.16. The van der Waals surface area contributed by atoms with E-state index in [-0.39, 0.29) is 5.54 Å². The maximum Gasteiger partial charge on any atom is 0.142 e. The Hall–Kier alpha value is -3.28. The number of nitrogens with two attached hydrogens (primary N) is 1. The molecule has 0 bridgehead atoms. The fourth-order valence-corrected chi connectivity index (χ4v) is 7.44. The first-order valence-corrected chi connectivity index (χ1v) is 14.2. The van der Waals surface area contributed by atoms with Crippen LogP contribution in [0.1, 0.15) is 51.6 Å². The van der Waals surface area contributed by atoms with E-state index >= 15 is 0 Å². The lowest BCUT2D eigenvalue weighted by atomic mass is 9.95. The molecule has 0 saturated carbocycles. The molecule has 7 rings (SSSR count). The van der Waals surface area contributed by atoms with E-state index in [0.29, 0.717) is 17.9 Å². The Morgan fingerprint density at radius 3 is 2.84 bits per heavy atom. The Labute approximate surface area is 225 Å². The molecule has 3 fully saturated rings. The number of hydrogen-bond acceptors (Lipinski definition) is 7. The number of fused-ring (bicyclic) bond motifs is 3. The van der Waals surface area contributed by atoms with E-state index in [1.807, 2.05) is 12.1 Å². The van der Waals surface area contributed by atoms with Crippen molar-refractivity contribution < 1.29 is 0 Å². The third-order valence-corrected chi connectivity index (χ3v) is 9.36. The van der Waals surface area contributed by atoms with Crippen molar-refractivity contribution in [3.8, 4) is 6.07 Å². The van der Waals surface area contributed by atoms with Crippen LogP contribution < -0.4 is 10.6 Å². The quantitative estimate of drug-likeness (QED) is 0.678. The molecule has 1 aliphatic carbocycles. The molecular formula is C30H38N8. The molecule has 2 unspecified atom stereocenters. The van der Waals surface area contributed by atoms with Crippen molar-refractivity contribution in [2.75, 3.05) is 44.2 Å². The van der Waals surface area contributed by atoms with Crippen molar-refractivity contribution >= 4 is 11.2 Å². The van der Waals surface area contributed by atoms with Gasteiger partial charge in [-0.15, -0.1) is 0 Å². The number of piperazine rings is 1. The van der Waals surface area contributed by atoms with Gasteiger partial charge in [-0.1, -0.05) is 6.08 Å². The average Bonchev–Trinajstić information content (AvgIpc) is 3.64. The summed E-state index contributed by atoms with van der Waals surface area (Å²) in [7, 11) is 0. The van der Waals surface area contributed by atoms with Crippen LogP contribution in [0.4, 0.5) is 5.69 Å². The van der Waals surface area contributed by atoms with Gasteiger partial charge in [0.25, 0.3) is 0 Å². The van der Waals surface area contributed by atoms with Gasteiger partial charge in [0.1, 0.15) is 11.8 Å². The summed E-state index contributed by atoms with van der Waals surface area (Å²) >= 11 is 0. The summed E-state index contributed by atoms with van der Waals surface area (Å²) < 4.78 is 1.77. The van der Waals surface area contributed by atoms with Crippen molar-refractivity contribution in [3.63, 3.8) is 0 Å². The molecule has 5 aliphatic rings. The summed E-state index contributed by atoms with van der Waals surface area (Å²) in [4.78, 5) is 10.4.